The molecule has 1 aliphatic heterocycles. The Morgan fingerprint density at radius 2 is 2.25 bits per heavy atom. The SMILES string of the molecule is CC(C)(O)CN1CCNc2ccc(F)cc21. The van der Waals surface area contributed by atoms with Crippen molar-refractivity contribution in [2.45, 2.75) is 19.4 Å². The summed E-state index contributed by atoms with van der Waals surface area (Å²) < 4.78 is 13.2. The summed E-state index contributed by atoms with van der Waals surface area (Å²) in [6.45, 7) is 5.61. The van der Waals surface area contributed by atoms with Crippen molar-refractivity contribution in [3.8, 4) is 0 Å². The predicted molar refractivity (Wildman–Crippen MR) is 63.4 cm³/mol. The number of halogens is 1. The number of benzene rings is 1. The van der Waals surface area contributed by atoms with E-state index < -0.39 is 5.60 Å². The molecule has 1 heterocycles. The number of nitrogens with one attached hydrogen (secondary N) is 1. The van der Waals surface area contributed by atoms with Gasteiger partial charge in [-0.3, -0.25) is 0 Å². The van der Waals surface area contributed by atoms with E-state index in [2.05, 4.69) is 5.32 Å². The molecule has 16 heavy (non-hydrogen) atoms. The third-order valence-electron chi connectivity index (χ3n) is 2.58. The van der Waals surface area contributed by atoms with E-state index in [0.717, 1.165) is 24.5 Å². The van der Waals surface area contributed by atoms with E-state index in [1.54, 1.807) is 19.9 Å². The van der Waals surface area contributed by atoms with Crippen LogP contribution in [0.3, 0.4) is 0 Å². The van der Waals surface area contributed by atoms with Gasteiger partial charge in [0.15, 0.2) is 0 Å². The highest BCUT2D eigenvalue weighted by molar-refractivity contribution is 5.72. The molecule has 3 nitrogen and oxygen atoms in total. The molecule has 0 amide bonds. The summed E-state index contributed by atoms with van der Waals surface area (Å²) in [7, 11) is 0. The average Bonchev–Trinajstić information content (AvgIpc) is 2.17. The third kappa shape index (κ3) is 2.44. The van der Waals surface area contributed by atoms with Crippen molar-refractivity contribution in [3.05, 3.63) is 24.0 Å². The van der Waals surface area contributed by atoms with E-state index in [1.807, 2.05) is 4.90 Å². The zero-order valence-corrected chi connectivity index (χ0v) is 9.63. The van der Waals surface area contributed by atoms with Crippen molar-refractivity contribution in [2.75, 3.05) is 29.9 Å². The lowest BCUT2D eigenvalue weighted by molar-refractivity contribution is 0.0874. The summed E-state index contributed by atoms with van der Waals surface area (Å²) in [6.07, 6.45) is 0. The molecule has 0 aromatic heterocycles. The molecule has 88 valence electrons. The first-order chi connectivity index (χ1) is 7.46. The number of anilines is 2. The first kappa shape index (κ1) is 11.2. The molecule has 2 N–H and O–H groups in total. The molecular formula is C12H17FN2O. The monoisotopic (exact) mass is 224 g/mol. The van der Waals surface area contributed by atoms with E-state index in [-0.39, 0.29) is 5.82 Å². The number of β-amino-alcohol motifs (C(OH)–C–C–N with tert-alkyl or cyclic N) is 1. The number of aliphatic hydroxyl groups is 1. The molecule has 4 heteroatoms. The van der Waals surface area contributed by atoms with Gasteiger partial charge in [0.05, 0.1) is 17.0 Å². The molecule has 2 rings (SSSR count). The lowest BCUT2D eigenvalue weighted by Gasteiger charge is -2.35. The van der Waals surface area contributed by atoms with Gasteiger partial charge in [-0.15, -0.1) is 0 Å². The third-order valence-corrected chi connectivity index (χ3v) is 2.58. The van der Waals surface area contributed by atoms with Crippen LogP contribution in [0.4, 0.5) is 15.8 Å². The summed E-state index contributed by atoms with van der Waals surface area (Å²) in [6, 6.07) is 4.69. The number of nitrogens with zero attached hydrogens (tertiary/aromatic N) is 1. The largest absolute Gasteiger partial charge is 0.389 e. The summed E-state index contributed by atoms with van der Waals surface area (Å²) in [5.41, 5.74) is 0.978. The fraction of sp³-hybridized carbons (Fsp3) is 0.500. The average molecular weight is 224 g/mol. The lowest BCUT2D eigenvalue weighted by atomic mass is 10.1. The van der Waals surface area contributed by atoms with Gasteiger partial charge in [-0.1, -0.05) is 0 Å². The van der Waals surface area contributed by atoms with E-state index in [9.17, 15) is 9.50 Å². The Balaban J connectivity index is 2.28. The minimum absolute atomic E-state index is 0.247. The van der Waals surface area contributed by atoms with Crippen LogP contribution in [0.25, 0.3) is 0 Å². The number of hydrogen-bond donors (Lipinski definition) is 2. The van der Waals surface area contributed by atoms with Gasteiger partial charge in [0.25, 0.3) is 0 Å². The van der Waals surface area contributed by atoms with Gasteiger partial charge in [-0.2, -0.15) is 0 Å². The van der Waals surface area contributed by atoms with Crippen molar-refractivity contribution in [1.82, 2.24) is 0 Å². The van der Waals surface area contributed by atoms with Gasteiger partial charge in [-0.05, 0) is 32.0 Å². The molecule has 0 spiro atoms. The molecule has 1 aliphatic rings. The van der Waals surface area contributed by atoms with E-state index in [4.69, 9.17) is 0 Å². The van der Waals surface area contributed by atoms with Gasteiger partial charge in [0.2, 0.25) is 0 Å². The minimum atomic E-state index is -0.777. The molecule has 0 fully saturated rings. The van der Waals surface area contributed by atoms with Crippen LogP contribution in [-0.4, -0.2) is 30.3 Å². The molecule has 0 radical (unpaired) electrons. The fourth-order valence-electron chi connectivity index (χ4n) is 1.99. The number of fused-ring (bicyclic) bond motifs is 1. The van der Waals surface area contributed by atoms with Gasteiger partial charge in [-0.25, -0.2) is 4.39 Å². The second kappa shape index (κ2) is 3.94. The van der Waals surface area contributed by atoms with Crippen LogP contribution in [0.2, 0.25) is 0 Å². The van der Waals surface area contributed by atoms with Crippen LogP contribution in [0, 0.1) is 5.82 Å². The van der Waals surface area contributed by atoms with Crippen LogP contribution in [0.15, 0.2) is 18.2 Å². The normalized spacial score (nSPS) is 15.6. The Labute approximate surface area is 94.9 Å². The fourth-order valence-corrected chi connectivity index (χ4v) is 1.99. The standard InChI is InChI=1S/C12H17FN2O/c1-12(2,16)8-15-6-5-14-10-4-3-9(13)7-11(10)15/h3-4,7,14,16H,5-6,8H2,1-2H3. The highest BCUT2D eigenvalue weighted by Gasteiger charge is 2.23. The Kier molecular flexibility index (Phi) is 2.76. The van der Waals surface area contributed by atoms with Crippen molar-refractivity contribution < 1.29 is 9.50 Å². The van der Waals surface area contributed by atoms with Crippen molar-refractivity contribution in [3.63, 3.8) is 0 Å². The van der Waals surface area contributed by atoms with E-state index >= 15 is 0 Å². The highest BCUT2D eigenvalue weighted by Crippen LogP contribution is 2.30. The van der Waals surface area contributed by atoms with Gasteiger partial charge in [0, 0.05) is 19.6 Å². The molecular weight excluding hydrogens is 207 g/mol. The minimum Gasteiger partial charge on any atom is -0.389 e. The maximum Gasteiger partial charge on any atom is 0.125 e. The van der Waals surface area contributed by atoms with Crippen LogP contribution in [0.1, 0.15) is 13.8 Å². The molecule has 0 atom stereocenters. The van der Waals surface area contributed by atoms with Gasteiger partial charge in [0.1, 0.15) is 5.82 Å². The van der Waals surface area contributed by atoms with Crippen LogP contribution in [0.5, 0.6) is 0 Å². The quantitative estimate of drug-likeness (QED) is 0.804. The maximum atomic E-state index is 13.2. The zero-order valence-electron chi connectivity index (χ0n) is 9.63. The molecule has 0 unspecified atom stereocenters. The first-order valence-electron chi connectivity index (χ1n) is 5.46. The highest BCUT2D eigenvalue weighted by atomic mass is 19.1. The summed E-state index contributed by atoms with van der Waals surface area (Å²) in [5, 5.41) is 13.0. The number of hydrogen-bond acceptors (Lipinski definition) is 3. The molecule has 0 saturated carbocycles. The van der Waals surface area contributed by atoms with Gasteiger partial charge < -0.3 is 15.3 Å². The Morgan fingerprint density at radius 1 is 1.50 bits per heavy atom. The van der Waals surface area contributed by atoms with Crippen LogP contribution >= 0.6 is 0 Å². The topological polar surface area (TPSA) is 35.5 Å². The maximum absolute atomic E-state index is 13.2. The first-order valence-corrected chi connectivity index (χ1v) is 5.46. The predicted octanol–water partition coefficient (Wildman–Crippen LogP) is 1.83. The van der Waals surface area contributed by atoms with Crippen LogP contribution < -0.4 is 10.2 Å². The van der Waals surface area contributed by atoms with E-state index in [1.165, 1.54) is 12.1 Å². The second-order valence-electron chi connectivity index (χ2n) is 4.82. The Bertz CT molecular complexity index is 387. The zero-order chi connectivity index (χ0) is 11.8. The van der Waals surface area contributed by atoms with E-state index in [0.29, 0.717) is 6.54 Å². The summed E-state index contributed by atoms with van der Waals surface area (Å²) >= 11 is 0. The molecule has 0 aliphatic carbocycles. The van der Waals surface area contributed by atoms with Crippen molar-refractivity contribution in [2.24, 2.45) is 0 Å². The molecule has 1 aromatic rings. The molecule has 0 saturated heterocycles. The van der Waals surface area contributed by atoms with Crippen molar-refractivity contribution >= 4 is 11.4 Å². The second-order valence-corrected chi connectivity index (χ2v) is 4.82. The Hall–Kier alpha value is -1.29. The summed E-state index contributed by atoms with van der Waals surface area (Å²) in [5.74, 6) is -0.247. The summed E-state index contributed by atoms with van der Waals surface area (Å²) in [4.78, 5) is 2.01. The smallest absolute Gasteiger partial charge is 0.125 e. The lowest BCUT2D eigenvalue weighted by Crippen LogP contribution is -2.43. The molecule has 0 bridgehead atoms. The van der Waals surface area contributed by atoms with Crippen molar-refractivity contribution in [1.29, 1.82) is 0 Å². The Morgan fingerprint density at radius 3 is 2.94 bits per heavy atom. The number of rotatable bonds is 2. The molecule has 1 aromatic carbocycles. The van der Waals surface area contributed by atoms with Crippen LogP contribution in [-0.2, 0) is 0 Å². The van der Waals surface area contributed by atoms with Gasteiger partial charge >= 0.3 is 0 Å².